The van der Waals surface area contributed by atoms with Crippen molar-refractivity contribution in [3.63, 3.8) is 0 Å². The summed E-state index contributed by atoms with van der Waals surface area (Å²) in [6.45, 7) is 5.30. The average Bonchev–Trinajstić information content (AvgIpc) is 2.47. The van der Waals surface area contributed by atoms with Crippen LogP contribution in [-0.2, 0) is 14.8 Å². The third-order valence-corrected chi connectivity index (χ3v) is 4.60. The lowest BCUT2D eigenvalue weighted by Gasteiger charge is -2.24. The number of benzene rings is 1. The summed E-state index contributed by atoms with van der Waals surface area (Å²) in [6, 6.07) is 6.72. The van der Waals surface area contributed by atoms with E-state index in [9.17, 15) is 8.42 Å². The van der Waals surface area contributed by atoms with Gasteiger partial charge in [-0.25, -0.2) is 13.1 Å². The van der Waals surface area contributed by atoms with Crippen molar-refractivity contribution in [3.8, 4) is 0 Å². The minimum Gasteiger partial charge on any atom is -0.382 e. The second-order valence-electron chi connectivity index (χ2n) is 4.60. The second kappa shape index (κ2) is 7.03. The third-order valence-electron chi connectivity index (χ3n) is 3.04. The minimum absolute atomic E-state index is 0.147. The van der Waals surface area contributed by atoms with E-state index in [0.29, 0.717) is 13.1 Å². The molecule has 20 heavy (non-hydrogen) atoms. The lowest BCUT2D eigenvalue weighted by atomic mass is 10.2. The predicted molar refractivity (Wildman–Crippen MR) is 78.4 cm³/mol. The highest BCUT2D eigenvalue weighted by molar-refractivity contribution is 7.89. The van der Waals surface area contributed by atoms with E-state index >= 15 is 0 Å². The van der Waals surface area contributed by atoms with Crippen LogP contribution in [-0.4, -0.2) is 47.3 Å². The van der Waals surface area contributed by atoms with Gasteiger partial charge >= 0.3 is 0 Å². The van der Waals surface area contributed by atoms with E-state index in [2.05, 4.69) is 15.4 Å². The van der Waals surface area contributed by atoms with Crippen LogP contribution in [0.15, 0.2) is 29.2 Å². The average molecular weight is 299 g/mol. The molecule has 1 aliphatic rings. The molecule has 0 spiro atoms. The quantitative estimate of drug-likeness (QED) is 0.708. The Morgan fingerprint density at radius 1 is 1.35 bits per heavy atom. The highest BCUT2D eigenvalue weighted by atomic mass is 32.2. The Morgan fingerprint density at radius 2 is 2.10 bits per heavy atom. The number of nitrogens with one attached hydrogen (secondary N) is 3. The van der Waals surface area contributed by atoms with Gasteiger partial charge in [0.25, 0.3) is 0 Å². The molecule has 2 rings (SSSR count). The van der Waals surface area contributed by atoms with Crippen LogP contribution in [0.4, 0.5) is 5.69 Å². The fraction of sp³-hybridized carbons (Fsp3) is 0.538. The molecule has 6 nitrogen and oxygen atoms in total. The smallest absolute Gasteiger partial charge is 0.240 e. The maximum Gasteiger partial charge on any atom is 0.240 e. The second-order valence-corrected chi connectivity index (χ2v) is 6.37. The van der Waals surface area contributed by atoms with Gasteiger partial charge in [0.1, 0.15) is 0 Å². The Kier molecular flexibility index (Phi) is 5.36. The zero-order valence-electron chi connectivity index (χ0n) is 11.6. The van der Waals surface area contributed by atoms with Gasteiger partial charge in [-0.05, 0) is 24.3 Å². The number of hydrogen-bond acceptors (Lipinski definition) is 5. The first-order valence-corrected chi connectivity index (χ1v) is 8.26. The summed E-state index contributed by atoms with van der Waals surface area (Å²) in [4.78, 5) is 0.278. The summed E-state index contributed by atoms with van der Waals surface area (Å²) in [5.41, 5.74) is 0.884. The maximum absolute atomic E-state index is 11.8. The number of sulfonamides is 1. The molecule has 1 aromatic carbocycles. The van der Waals surface area contributed by atoms with Gasteiger partial charge in [0.2, 0.25) is 10.0 Å². The van der Waals surface area contributed by atoms with Crippen LogP contribution < -0.4 is 15.4 Å². The molecule has 1 atom stereocenters. The lowest BCUT2D eigenvalue weighted by molar-refractivity contribution is 0.0372. The van der Waals surface area contributed by atoms with Crippen molar-refractivity contribution in [1.29, 1.82) is 0 Å². The molecule has 7 heteroatoms. The number of anilines is 1. The maximum atomic E-state index is 11.8. The molecule has 1 saturated heterocycles. The summed E-state index contributed by atoms with van der Waals surface area (Å²) in [6.07, 6.45) is 0.147. The first kappa shape index (κ1) is 15.2. The molecule has 1 unspecified atom stereocenters. The number of hydrogen-bond donors (Lipinski definition) is 3. The van der Waals surface area contributed by atoms with Crippen LogP contribution in [0.2, 0.25) is 0 Å². The highest BCUT2D eigenvalue weighted by Crippen LogP contribution is 2.14. The molecule has 112 valence electrons. The van der Waals surface area contributed by atoms with Crippen molar-refractivity contribution < 1.29 is 13.2 Å². The zero-order chi connectivity index (χ0) is 14.4. The van der Waals surface area contributed by atoms with E-state index in [4.69, 9.17) is 4.74 Å². The largest absolute Gasteiger partial charge is 0.382 e. The number of morpholine rings is 1. The van der Waals surface area contributed by atoms with Crippen LogP contribution in [0.25, 0.3) is 0 Å². The van der Waals surface area contributed by atoms with Gasteiger partial charge in [-0.1, -0.05) is 6.92 Å². The van der Waals surface area contributed by atoms with Gasteiger partial charge < -0.3 is 15.4 Å². The standard InChI is InChI=1S/C13H21N3O3S/c1-2-16-20(17,18)13-5-3-11(4-6-13)15-10-12-9-14-7-8-19-12/h3-6,12,14-16H,2,7-10H2,1H3. The molecule has 1 heterocycles. The Labute approximate surface area is 120 Å². The molecular formula is C13H21N3O3S. The molecule has 3 N–H and O–H groups in total. The van der Waals surface area contributed by atoms with Crippen LogP contribution in [0.3, 0.4) is 0 Å². The van der Waals surface area contributed by atoms with E-state index in [1.165, 1.54) is 0 Å². The van der Waals surface area contributed by atoms with E-state index in [1.807, 2.05) is 0 Å². The summed E-state index contributed by atoms with van der Waals surface area (Å²) in [5.74, 6) is 0. The highest BCUT2D eigenvalue weighted by Gasteiger charge is 2.14. The molecule has 1 fully saturated rings. The van der Waals surface area contributed by atoms with Gasteiger partial charge in [-0.2, -0.15) is 0 Å². The Hall–Kier alpha value is -1.15. The topological polar surface area (TPSA) is 79.5 Å². The van der Waals surface area contributed by atoms with Gasteiger partial charge in [0.05, 0.1) is 17.6 Å². The van der Waals surface area contributed by atoms with Gasteiger partial charge in [-0.3, -0.25) is 0 Å². The summed E-state index contributed by atoms with van der Waals surface area (Å²) >= 11 is 0. The first-order chi connectivity index (χ1) is 9.62. The van der Waals surface area contributed by atoms with E-state index in [-0.39, 0.29) is 11.0 Å². The number of ether oxygens (including phenoxy) is 1. The lowest BCUT2D eigenvalue weighted by Crippen LogP contribution is -2.42. The fourth-order valence-electron chi connectivity index (χ4n) is 2.01. The minimum atomic E-state index is -3.37. The van der Waals surface area contributed by atoms with E-state index < -0.39 is 10.0 Å². The van der Waals surface area contributed by atoms with E-state index in [0.717, 1.165) is 25.4 Å². The molecular weight excluding hydrogens is 278 g/mol. The van der Waals surface area contributed by atoms with Gasteiger partial charge in [0.15, 0.2) is 0 Å². The van der Waals surface area contributed by atoms with Crippen molar-refractivity contribution in [2.24, 2.45) is 0 Å². The predicted octanol–water partition coefficient (Wildman–Crippen LogP) is 0.385. The Morgan fingerprint density at radius 3 is 2.70 bits per heavy atom. The van der Waals surface area contributed by atoms with Crippen LogP contribution in [0.1, 0.15) is 6.92 Å². The van der Waals surface area contributed by atoms with Crippen molar-refractivity contribution in [1.82, 2.24) is 10.0 Å². The van der Waals surface area contributed by atoms with Crippen LogP contribution in [0.5, 0.6) is 0 Å². The molecule has 0 aromatic heterocycles. The van der Waals surface area contributed by atoms with Crippen molar-refractivity contribution in [2.45, 2.75) is 17.9 Å². The molecule has 0 amide bonds. The summed E-state index contributed by atoms with van der Waals surface area (Å²) < 4.78 is 31.6. The Balaban J connectivity index is 1.91. The van der Waals surface area contributed by atoms with Crippen LogP contribution in [0, 0.1) is 0 Å². The van der Waals surface area contributed by atoms with E-state index in [1.54, 1.807) is 31.2 Å². The van der Waals surface area contributed by atoms with Gasteiger partial charge in [0, 0.05) is 31.9 Å². The van der Waals surface area contributed by atoms with Crippen molar-refractivity contribution in [2.75, 3.05) is 38.1 Å². The fourth-order valence-corrected chi connectivity index (χ4v) is 3.05. The SMILES string of the molecule is CCNS(=O)(=O)c1ccc(NCC2CNCCO2)cc1. The first-order valence-electron chi connectivity index (χ1n) is 6.78. The molecule has 0 radical (unpaired) electrons. The molecule has 1 aliphatic heterocycles. The molecule has 0 bridgehead atoms. The normalized spacial score (nSPS) is 19.8. The Bertz CT molecular complexity index is 510. The summed E-state index contributed by atoms with van der Waals surface area (Å²) in [5, 5.41) is 6.51. The molecule has 0 saturated carbocycles. The zero-order valence-corrected chi connectivity index (χ0v) is 12.4. The van der Waals surface area contributed by atoms with Crippen molar-refractivity contribution >= 4 is 15.7 Å². The third kappa shape index (κ3) is 4.17. The van der Waals surface area contributed by atoms with Gasteiger partial charge in [-0.15, -0.1) is 0 Å². The summed E-state index contributed by atoms with van der Waals surface area (Å²) in [7, 11) is -3.37. The molecule has 0 aliphatic carbocycles. The number of rotatable bonds is 6. The van der Waals surface area contributed by atoms with Crippen LogP contribution >= 0.6 is 0 Å². The monoisotopic (exact) mass is 299 g/mol. The molecule has 1 aromatic rings. The van der Waals surface area contributed by atoms with Crippen molar-refractivity contribution in [3.05, 3.63) is 24.3 Å².